The zero-order valence-electron chi connectivity index (χ0n) is 13.2. The molecule has 0 aromatic heterocycles. The normalized spacial score (nSPS) is 20.6. The SMILES string of the molecule is CC(C)CC(=O)N1CCC(N2C(=O)c3cccc(Cl)c3C2=O)C1. The lowest BCUT2D eigenvalue weighted by molar-refractivity contribution is -0.131. The topological polar surface area (TPSA) is 57.7 Å². The highest BCUT2D eigenvalue weighted by Gasteiger charge is 2.43. The quantitative estimate of drug-likeness (QED) is 0.798. The lowest BCUT2D eigenvalue weighted by Crippen LogP contribution is -2.42. The Kier molecular flexibility index (Phi) is 4.15. The first kappa shape index (κ1) is 16.0. The fraction of sp³-hybridized carbons (Fsp3) is 0.471. The van der Waals surface area contributed by atoms with Crippen molar-refractivity contribution in [2.45, 2.75) is 32.7 Å². The minimum absolute atomic E-state index is 0.0807. The standard InChI is InChI=1S/C17H19ClN2O3/c1-10(2)8-14(21)19-7-6-11(9-19)20-16(22)12-4-3-5-13(18)15(12)17(20)23/h3-5,10-11H,6-9H2,1-2H3. The van der Waals surface area contributed by atoms with Gasteiger partial charge in [-0.2, -0.15) is 0 Å². The van der Waals surface area contributed by atoms with E-state index in [1.54, 1.807) is 23.1 Å². The molecule has 0 radical (unpaired) electrons. The molecule has 3 rings (SSSR count). The van der Waals surface area contributed by atoms with Crippen LogP contribution >= 0.6 is 11.6 Å². The van der Waals surface area contributed by atoms with Crippen molar-refractivity contribution < 1.29 is 14.4 Å². The first-order valence-electron chi connectivity index (χ1n) is 7.84. The van der Waals surface area contributed by atoms with E-state index < -0.39 is 0 Å². The van der Waals surface area contributed by atoms with Crippen LogP contribution in [0.1, 0.15) is 47.4 Å². The van der Waals surface area contributed by atoms with Gasteiger partial charge in [0.15, 0.2) is 0 Å². The zero-order valence-corrected chi connectivity index (χ0v) is 14.0. The molecule has 1 saturated heterocycles. The predicted molar refractivity (Wildman–Crippen MR) is 86.4 cm³/mol. The maximum atomic E-state index is 12.6. The second-order valence-corrected chi connectivity index (χ2v) is 6.93. The Morgan fingerprint density at radius 3 is 2.70 bits per heavy atom. The summed E-state index contributed by atoms with van der Waals surface area (Å²) in [6.45, 7) is 4.99. The molecule has 2 aliphatic rings. The summed E-state index contributed by atoms with van der Waals surface area (Å²) in [5.41, 5.74) is 0.639. The van der Waals surface area contributed by atoms with Gasteiger partial charge >= 0.3 is 0 Å². The Morgan fingerprint density at radius 2 is 2.04 bits per heavy atom. The highest BCUT2D eigenvalue weighted by molar-refractivity contribution is 6.37. The van der Waals surface area contributed by atoms with Crippen LogP contribution in [0.2, 0.25) is 5.02 Å². The molecule has 2 aliphatic heterocycles. The first-order chi connectivity index (χ1) is 10.9. The molecule has 23 heavy (non-hydrogen) atoms. The molecule has 0 bridgehead atoms. The number of nitrogens with zero attached hydrogens (tertiary/aromatic N) is 2. The lowest BCUT2D eigenvalue weighted by Gasteiger charge is -2.23. The van der Waals surface area contributed by atoms with Gasteiger partial charge in [0.2, 0.25) is 5.91 Å². The molecule has 1 aromatic rings. The molecule has 1 atom stereocenters. The Hall–Kier alpha value is -1.88. The van der Waals surface area contributed by atoms with Crippen molar-refractivity contribution in [3.05, 3.63) is 34.3 Å². The number of halogens is 1. The molecule has 2 heterocycles. The number of rotatable bonds is 3. The molecular weight excluding hydrogens is 316 g/mol. The van der Waals surface area contributed by atoms with Gasteiger partial charge in [0, 0.05) is 19.5 Å². The summed E-state index contributed by atoms with van der Waals surface area (Å²) < 4.78 is 0. The van der Waals surface area contributed by atoms with E-state index >= 15 is 0 Å². The monoisotopic (exact) mass is 334 g/mol. The molecule has 0 N–H and O–H groups in total. The molecule has 1 fully saturated rings. The van der Waals surface area contributed by atoms with Gasteiger partial charge in [0.25, 0.3) is 11.8 Å². The Morgan fingerprint density at radius 1 is 1.30 bits per heavy atom. The summed E-state index contributed by atoms with van der Waals surface area (Å²) in [4.78, 5) is 40.3. The van der Waals surface area contributed by atoms with Crippen LogP contribution in [-0.4, -0.2) is 46.7 Å². The van der Waals surface area contributed by atoms with Crippen LogP contribution in [0.25, 0.3) is 0 Å². The fourth-order valence-corrected chi connectivity index (χ4v) is 3.51. The van der Waals surface area contributed by atoms with Gasteiger partial charge in [0.05, 0.1) is 22.2 Å². The number of carbonyl (C=O) groups excluding carboxylic acids is 3. The first-order valence-corrected chi connectivity index (χ1v) is 8.22. The molecule has 6 heteroatoms. The predicted octanol–water partition coefficient (Wildman–Crippen LogP) is 2.58. The second kappa shape index (κ2) is 5.96. The summed E-state index contributed by atoms with van der Waals surface area (Å²) in [7, 11) is 0. The van der Waals surface area contributed by atoms with Gasteiger partial charge in [-0.3, -0.25) is 19.3 Å². The molecule has 0 spiro atoms. The average molecular weight is 335 g/mol. The highest BCUT2D eigenvalue weighted by Crippen LogP contribution is 2.32. The minimum Gasteiger partial charge on any atom is -0.341 e. The fourth-order valence-electron chi connectivity index (χ4n) is 3.25. The molecule has 5 nitrogen and oxygen atoms in total. The number of hydrogen-bond acceptors (Lipinski definition) is 3. The van der Waals surface area contributed by atoms with Crippen molar-refractivity contribution >= 4 is 29.3 Å². The van der Waals surface area contributed by atoms with Crippen molar-refractivity contribution in [3.63, 3.8) is 0 Å². The molecular formula is C17H19ClN2O3. The summed E-state index contributed by atoms with van der Waals surface area (Å²) in [5, 5.41) is 0.300. The maximum Gasteiger partial charge on any atom is 0.263 e. The molecule has 122 valence electrons. The Bertz CT molecular complexity index is 686. The largest absolute Gasteiger partial charge is 0.341 e. The van der Waals surface area contributed by atoms with Crippen LogP contribution in [-0.2, 0) is 4.79 Å². The number of fused-ring (bicyclic) bond motifs is 1. The van der Waals surface area contributed by atoms with Crippen LogP contribution in [0.5, 0.6) is 0 Å². The smallest absolute Gasteiger partial charge is 0.263 e. The maximum absolute atomic E-state index is 12.6. The van der Waals surface area contributed by atoms with Gasteiger partial charge in [-0.1, -0.05) is 31.5 Å². The number of likely N-dealkylation sites (tertiary alicyclic amines) is 1. The minimum atomic E-state index is -0.348. The van der Waals surface area contributed by atoms with E-state index in [1.807, 2.05) is 13.8 Å². The third-order valence-electron chi connectivity index (χ3n) is 4.36. The zero-order chi connectivity index (χ0) is 16.7. The number of amides is 3. The molecule has 1 unspecified atom stereocenters. The van der Waals surface area contributed by atoms with E-state index in [0.29, 0.717) is 42.4 Å². The van der Waals surface area contributed by atoms with Gasteiger partial charge in [-0.05, 0) is 24.5 Å². The van der Waals surface area contributed by atoms with E-state index in [-0.39, 0.29) is 29.3 Å². The highest BCUT2D eigenvalue weighted by atomic mass is 35.5. The average Bonchev–Trinajstić information content (AvgIpc) is 3.04. The van der Waals surface area contributed by atoms with Crippen LogP contribution in [0, 0.1) is 5.92 Å². The summed E-state index contributed by atoms with van der Waals surface area (Å²) in [6.07, 6.45) is 1.10. The van der Waals surface area contributed by atoms with Crippen LogP contribution < -0.4 is 0 Å². The molecule has 1 aromatic carbocycles. The van der Waals surface area contributed by atoms with E-state index in [4.69, 9.17) is 11.6 Å². The van der Waals surface area contributed by atoms with Gasteiger partial charge in [-0.15, -0.1) is 0 Å². The lowest BCUT2D eigenvalue weighted by atomic mass is 10.1. The molecule has 0 aliphatic carbocycles. The molecule has 3 amide bonds. The van der Waals surface area contributed by atoms with Crippen LogP contribution in [0.4, 0.5) is 0 Å². The molecule has 0 saturated carbocycles. The van der Waals surface area contributed by atoms with Gasteiger partial charge in [0.1, 0.15) is 0 Å². The second-order valence-electron chi connectivity index (χ2n) is 6.52. The van der Waals surface area contributed by atoms with E-state index in [1.165, 1.54) is 4.90 Å². The van der Waals surface area contributed by atoms with Crippen LogP contribution in [0.15, 0.2) is 18.2 Å². The number of hydrogen-bond donors (Lipinski definition) is 0. The number of imide groups is 1. The van der Waals surface area contributed by atoms with Gasteiger partial charge in [-0.25, -0.2) is 0 Å². The van der Waals surface area contributed by atoms with Crippen molar-refractivity contribution in [1.29, 1.82) is 0 Å². The van der Waals surface area contributed by atoms with E-state index in [9.17, 15) is 14.4 Å². The van der Waals surface area contributed by atoms with Crippen molar-refractivity contribution in [1.82, 2.24) is 9.80 Å². The van der Waals surface area contributed by atoms with Crippen molar-refractivity contribution in [3.8, 4) is 0 Å². The number of carbonyl (C=O) groups is 3. The third-order valence-corrected chi connectivity index (χ3v) is 4.67. The van der Waals surface area contributed by atoms with Gasteiger partial charge < -0.3 is 4.90 Å². The van der Waals surface area contributed by atoms with E-state index in [0.717, 1.165) is 0 Å². The third kappa shape index (κ3) is 2.74. The van der Waals surface area contributed by atoms with E-state index in [2.05, 4.69) is 0 Å². The summed E-state index contributed by atoms with van der Waals surface area (Å²) in [6, 6.07) is 4.64. The Balaban J connectivity index is 1.77. The number of benzene rings is 1. The Labute approximate surface area is 140 Å². The van der Waals surface area contributed by atoms with Crippen LogP contribution in [0.3, 0.4) is 0 Å². The van der Waals surface area contributed by atoms with Crippen molar-refractivity contribution in [2.75, 3.05) is 13.1 Å². The summed E-state index contributed by atoms with van der Waals surface area (Å²) in [5.74, 6) is -0.286. The summed E-state index contributed by atoms with van der Waals surface area (Å²) >= 11 is 6.07. The van der Waals surface area contributed by atoms with Crippen molar-refractivity contribution in [2.24, 2.45) is 5.92 Å².